The van der Waals surface area contributed by atoms with Crippen molar-refractivity contribution in [3.63, 3.8) is 0 Å². The van der Waals surface area contributed by atoms with Crippen molar-refractivity contribution in [1.82, 2.24) is 15.2 Å². The SMILES string of the molecule is CC(Oc1cc(-c2ccc(C(=O)N3CCCNCC3)cc2)cnc1N)c1c(Cl)ccc(F)c1Cl. The van der Waals surface area contributed by atoms with Crippen molar-refractivity contribution in [3.05, 3.63) is 75.7 Å². The number of nitrogen functional groups attached to an aromatic ring is 1. The van der Waals surface area contributed by atoms with Crippen LogP contribution in [0.15, 0.2) is 48.7 Å². The molecule has 34 heavy (non-hydrogen) atoms. The molecule has 1 aromatic heterocycles. The lowest BCUT2D eigenvalue weighted by Crippen LogP contribution is -2.34. The van der Waals surface area contributed by atoms with Gasteiger partial charge in [-0.1, -0.05) is 35.3 Å². The van der Waals surface area contributed by atoms with Gasteiger partial charge in [-0.05, 0) is 55.8 Å². The lowest BCUT2D eigenvalue weighted by atomic mass is 10.0. The van der Waals surface area contributed by atoms with E-state index < -0.39 is 11.9 Å². The molecule has 1 aliphatic heterocycles. The van der Waals surface area contributed by atoms with Crippen LogP contribution in [0.25, 0.3) is 11.1 Å². The molecule has 2 heterocycles. The Hall–Kier alpha value is -2.87. The van der Waals surface area contributed by atoms with Crippen LogP contribution in [0.1, 0.15) is 35.4 Å². The molecular formula is C25H25Cl2FN4O2. The van der Waals surface area contributed by atoms with Gasteiger partial charge in [-0.3, -0.25) is 4.79 Å². The number of rotatable bonds is 5. The average Bonchev–Trinajstić information content (AvgIpc) is 3.12. The maximum atomic E-state index is 13.9. The topological polar surface area (TPSA) is 80.5 Å². The van der Waals surface area contributed by atoms with Gasteiger partial charge < -0.3 is 20.7 Å². The summed E-state index contributed by atoms with van der Waals surface area (Å²) < 4.78 is 19.9. The Bertz CT molecular complexity index is 1180. The first kappa shape index (κ1) is 24.3. The molecule has 2 aromatic carbocycles. The molecule has 0 aliphatic carbocycles. The summed E-state index contributed by atoms with van der Waals surface area (Å²) in [6.45, 7) is 4.87. The lowest BCUT2D eigenvalue weighted by molar-refractivity contribution is 0.0766. The summed E-state index contributed by atoms with van der Waals surface area (Å²) in [4.78, 5) is 18.9. The standard InChI is InChI=1S/C25H25Cl2FN4O2/c1-15(22-19(26)7-8-20(28)23(22)27)34-21-13-18(14-31-24(21)29)16-3-5-17(6-4-16)25(33)32-11-2-9-30-10-12-32/h3-8,13-15,30H,2,9-12H2,1H3,(H2,29,31). The zero-order valence-electron chi connectivity index (χ0n) is 18.7. The maximum Gasteiger partial charge on any atom is 0.253 e. The number of hydrogen-bond donors (Lipinski definition) is 2. The van der Waals surface area contributed by atoms with Crippen LogP contribution >= 0.6 is 23.2 Å². The van der Waals surface area contributed by atoms with E-state index in [1.54, 1.807) is 19.2 Å². The van der Waals surface area contributed by atoms with E-state index in [0.717, 1.165) is 37.2 Å². The molecule has 9 heteroatoms. The number of amides is 1. The first-order valence-corrected chi connectivity index (χ1v) is 11.8. The fraction of sp³-hybridized carbons (Fsp3) is 0.280. The normalized spacial score (nSPS) is 15.0. The van der Waals surface area contributed by atoms with Crippen molar-refractivity contribution in [3.8, 4) is 16.9 Å². The molecule has 1 aliphatic rings. The number of nitrogens with one attached hydrogen (secondary N) is 1. The van der Waals surface area contributed by atoms with E-state index in [1.165, 1.54) is 12.1 Å². The van der Waals surface area contributed by atoms with Gasteiger partial charge in [-0.25, -0.2) is 9.37 Å². The molecule has 3 aromatic rings. The van der Waals surface area contributed by atoms with Gasteiger partial charge in [-0.2, -0.15) is 0 Å². The van der Waals surface area contributed by atoms with Crippen LogP contribution in [0.4, 0.5) is 10.2 Å². The Morgan fingerprint density at radius 1 is 1.15 bits per heavy atom. The maximum absolute atomic E-state index is 13.9. The molecule has 0 bridgehead atoms. The summed E-state index contributed by atoms with van der Waals surface area (Å²) in [6, 6.07) is 11.7. The van der Waals surface area contributed by atoms with Gasteiger partial charge in [0.05, 0.1) is 5.02 Å². The zero-order valence-corrected chi connectivity index (χ0v) is 20.2. The molecule has 1 atom stereocenters. The Labute approximate surface area is 207 Å². The molecule has 0 saturated carbocycles. The van der Waals surface area contributed by atoms with E-state index in [-0.39, 0.29) is 16.7 Å². The lowest BCUT2D eigenvalue weighted by Gasteiger charge is -2.20. The van der Waals surface area contributed by atoms with Crippen molar-refractivity contribution in [2.75, 3.05) is 31.9 Å². The molecule has 4 rings (SSSR count). The number of aromatic nitrogens is 1. The van der Waals surface area contributed by atoms with Crippen LogP contribution in [-0.4, -0.2) is 42.0 Å². The number of ether oxygens (including phenoxy) is 1. The van der Waals surface area contributed by atoms with Crippen LogP contribution < -0.4 is 15.8 Å². The van der Waals surface area contributed by atoms with E-state index in [0.29, 0.717) is 28.4 Å². The molecule has 1 unspecified atom stereocenters. The highest BCUT2D eigenvalue weighted by Crippen LogP contribution is 2.37. The van der Waals surface area contributed by atoms with E-state index in [9.17, 15) is 9.18 Å². The summed E-state index contributed by atoms with van der Waals surface area (Å²) in [7, 11) is 0. The van der Waals surface area contributed by atoms with E-state index in [4.69, 9.17) is 33.7 Å². The first-order valence-electron chi connectivity index (χ1n) is 11.0. The highest BCUT2D eigenvalue weighted by Gasteiger charge is 2.21. The summed E-state index contributed by atoms with van der Waals surface area (Å²) in [6.07, 6.45) is 1.90. The summed E-state index contributed by atoms with van der Waals surface area (Å²) in [5.74, 6) is -0.0609. The fourth-order valence-corrected chi connectivity index (χ4v) is 4.59. The van der Waals surface area contributed by atoms with Crippen LogP contribution in [-0.2, 0) is 0 Å². The second-order valence-electron chi connectivity index (χ2n) is 8.10. The predicted molar refractivity (Wildman–Crippen MR) is 133 cm³/mol. The molecule has 0 spiro atoms. The molecule has 0 radical (unpaired) electrons. The van der Waals surface area contributed by atoms with Gasteiger partial charge in [0.15, 0.2) is 11.6 Å². The zero-order chi connectivity index (χ0) is 24.2. The van der Waals surface area contributed by atoms with E-state index >= 15 is 0 Å². The molecular weight excluding hydrogens is 478 g/mol. The summed E-state index contributed by atoms with van der Waals surface area (Å²) in [5, 5.41) is 3.50. The summed E-state index contributed by atoms with van der Waals surface area (Å²) in [5.41, 5.74) is 8.60. The number of pyridine rings is 1. The third-order valence-electron chi connectivity index (χ3n) is 5.76. The van der Waals surface area contributed by atoms with Gasteiger partial charge >= 0.3 is 0 Å². The number of carbonyl (C=O) groups is 1. The number of anilines is 1. The largest absolute Gasteiger partial charge is 0.482 e. The molecule has 3 N–H and O–H groups in total. The van der Waals surface area contributed by atoms with Crippen LogP contribution in [0, 0.1) is 5.82 Å². The van der Waals surface area contributed by atoms with Crippen LogP contribution in [0.5, 0.6) is 5.75 Å². The molecule has 178 valence electrons. The monoisotopic (exact) mass is 502 g/mol. The Morgan fingerprint density at radius 2 is 1.91 bits per heavy atom. The molecule has 6 nitrogen and oxygen atoms in total. The van der Waals surface area contributed by atoms with Crippen LogP contribution in [0.2, 0.25) is 10.0 Å². The van der Waals surface area contributed by atoms with Gasteiger partial charge in [0.1, 0.15) is 11.9 Å². The molecule has 1 amide bonds. The first-order chi connectivity index (χ1) is 16.3. The number of halogens is 3. The number of nitrogens with zero attached hydrogens (tertiary/aromatic N) is 2. The minimum absolute atomic E-state index is 0.0207. The third kappa shape index (κ3) is 5.27. The number of benzene rings is 2. The van der Waals surface area contributed by atoms with Crippen molar-refractivity contribution in [1.29, 1.82) is 0 Å². The smallest absolute Gasteiger partial charge is 0.253 e. The second-order valence-corrected chi connectivity index (χ2v) is 8.88. The van der Waals surface area contributed by atoms with Crippen molar-refractivity contribution in [2.45, 2.75) is 19.4 Å². The summed E-state index contributed by atoms with van der Waals surface area (Å²) >= 11 is 12.3. The minimum atomic E-state index is -0.668. The van der Waals surface area contributed by atoms with E-state index in [2.05, 4.69) is 10.3 Å². The highest BCUT2D eigenvalue weighted by molar-refractivity contribution is 6.36. The van der Waals surface area contributed by atoms with Gasteiger partial charge in [-0.15, -0.1) is 0 Å². The van der Waals surface area contributed by atoms with Crippen molar-refractivity contribution >= 4 is 34.9 Å². The second kappa shape index (κ2) is 10.6. The minimum Gasteiger partial charge on any atom is -0.482 e. The molecule has 1 fully saturated rings. The van der Waals surface area contributed by atoms with E-state index in [1.807, 2.05) is 29.2 Å². The van der Waals surface area contributed by atoms with Gasteiger partial charge in [0.2, 0.25) is 0 Å². The number of carbonyl (C=O) groups excluding carboxylic acids is 1. The Balaban J connectivity index is 1.54. The quantitative estimate of drug-likeness (QED) is 0.459. The van der Waals surface area contributed by atoms with Crippen LogP contribution in [0.3, 0.4) is 0 Å². The van der Waals surface area contributed by atoms with Crippen molar-refractivity contribution < 1.29 is 13.9 Å². The van der Waals surface area contributed by atoms with Gasteiger partial charge in [0.25, 0.3) is 5.91 Å². The number of hydrogen-bond acceptors (Lipinski definition) is 5. The fourth-order valence-electron chi connectivity index (χ4n) is 3.91. The van der Waals surface area contributed by atoms with Gasteiger partial charge in [0, 0.05) is 47.5 Å². The molecule has 1 saturated heterocycles. The number of nitrogens with two attached hydrogens (primary N) is 1. The predicted octanol–water partition coefficient (Wildman–Crippen LogP) is 5.35. The Kier molecular flexibility index (Phi) is 7.56. The highest BCUT2D eigenvalue weighted by atomic mass is 35.5. The van der Waals surface area contributed by atoms with Crippen molar-refractivity contribution in [2.24, 2.45) is 0 Å². The average molecular weight is 503 g/mol. The third-order valence-corrected chi connectivity index (χ3v) is 6.48. The Morgan fingerprint density at radius 3 is 2.68 bits per heavy atom.